The van der Waals surface area contributed by atoms with Crippen molar-refractivity contribution in [3.05, 3.63) is 6.42 Å². The first-order valence-electron chi connectivity index (χ1n) is 11.5. The lowest BCUT2D eigenvalue weighted by molar-refractivity contribution is -0.226. The Morgan fingerprint density at radius 1 is 0.486 bits per heavy atom. The van der Waals surface area contributed by atoms with Crippen LogP contribution >= 0.6 is 0 Å². The van der Waals surface area contributed by atoms with E-state index in [1.807, 2.05) is 0 Å². The number of hydrogen-bond acceptors (Lipinski definition) is 10. The molecule has 0 aromatic rings. The van der Waals surface area contributed by atoms with Crippen LogP contribution in [0.5, 0.6) is 0 Å². The van der Waals surface area contributed by atoms with E-state index in [1.165, 1.54) is 6.42 Å². The van der Waals surface area contributed by atoms with Crippen molar-refractivity contribution in [2.75, 3.05) is 0 Å². The molecule has 0 bridgehead atoms. The molecule has 0 saturated heterocycles. The summed E-state index contributed by atoms with van der Waals surface area (Å²) in [6.45, 7) is 16.9. The molecule has 1 aliphatic rings. The van der Waals surface area contributed by atoms with Gasteiger partial charge in [-0.25, -0.2) is 0 Å². The first-order chi connectivity index (χ1) is 15.6. The van der Waals surface area contributed by atoms with E-state index in [2.05, 4.69) is 0 Å². The third kappa shape index (κ3) is 8.81. The molecule has 0 spiro atoms. The van der Waals surface area contributed by atoms with Crippen LogP contribution in [0.25, 0.3) is 0 Å². The largest absolute Gasteiger partial charge is 0.458 e. The van der Waals surface area contributed by atoms with Crippen molar-refractivity contribution in [3.8, 4) is 0 Å². The van der Waals surface area contributed by atoms with Gasteiger partial charge in [0.05, 0.1) is 22.7 Å². The molecule has 0 amide bonds. The van der Waals surface area contributed by atoms with Gasteiger partial charge >= 0.3 is 29.8 Å². The van der Waals surface area contributed by atoms with Crippen molar-refractivity contribution < 1.29 is 47.7 Å². The topological polar surface area (TPSA) is 132 Å². The SMILES string of the molecule is CC(=O)OC1[CH]C(OC(=O)C(C)(C)C)C(OC(C)=O)C(OC(=O)C(C)(C)C)C1OC(=O)C(C)(C)C. The van der Waals surface area contributed by atoms with Crippen molar-refractivity contribution in [2.24, 2.45) is 16.2 Å². The van der Waals surface area contributed by atoms with Crippen LogP contribution in [-0.4, -0.2) is 60.4 Å². The van der Waals surface area contributed by atoms with E-state index >= 15 is 0 Å². The summed E-state index contributed by atoms with van der Waals surface area (Å²) in [6, 6.07) is 0. The maximum Gasteiger partial charge on any atom is 0.311 e. The van der Waals surface area contributed by atoms with Crippen molar-refractivity contribution in [1.29, 1.82) is 0 Å². The Kier molecular flexibility index (Phi) is 9.51. The normalized spacial score (nSPS) is 25.2. The van der Waals surface area contributed by atoms with Gasteiger partial charge in [0.2, 0.25) is 0 Å². The first kappa shape index (κ1) is 30.4. The zero-order valence-electron chi connectivity index (χ0n) is 22.5. The fourth-order valence-electron chi connectivity index (χ4n) is 2.87. The molecule has 0 aliphatic heterocycles. The van der Waals surface area contributed by atoms with Crippen LogP contribution in [0.1, 0.15) is 76.2 Å². The Bertz CT molecular complexity index is 825. The molecule has 0 aromatic carbocycles. The summed E-state index contributed by atoms with van der Waals surface area (Å²) in [5, 5.41) is 0. The Balaban J connectivity index is 3.63. The first-order valence-corrected chi connectivity index (χ1v) is 11.5. The maximum absolute atomic E-state index is 12.9. The summed E-state index contributed by atoms with van der Waals surface area (Å²) in [6.07, 6.45) is -5.40. The predicted molar refractivity (Wildman–Crippen MR) is 123 cm³/mol. The van der Waals surface area contributed by atoms with E-state index in [1.54, 1.807) is 62.3 Å². The summed E-state index contributed by atoms with van der Waals surface area (Å²) in [5.41, 5.74) is -2.85. The molecule has 0 N–H and O–H groups in total. The molecule has 10 heteroatoms. The van der Waals surface area contributed by atoms with E-state index < -0.39 is 76.6 Å². The molecule has 1 saturated carbocycles. The molecule has 5 unspecified atom stereocenters. The summed E-state index contributed by atoms with van der Waals surface area (Å²) in [7, 11) is 0. The molecule has 199 valence electrons. The second kappa shape index (κ2) is 11.0. The lowest BCUT2D eigenvalue weighted by Gasteiger charge is -2.44. The predicted octanol–water partition coefficient (Wildman–Crippen LogP) is 2.94. The highest BCUT2D eigenvalue weighted by molar-refractivity contribution is 5.78. The number of esters is 5. The second-order valence-corrected chi connectivity index (χ2v) is 11.7. The van der Waals surface area contributed by atoms with E-state index in [9.17, 15) is 24.0 Å². The second-order valence-electron chi connectivity index (χ2n) is 11.7. The molecular weight excluding hydrogens is 460 g/mol. The molecule has 1 fully saturated rings. The molecule has 0 aromatic heterocycles. The summed E-state index contributed by atoms with van der Waals surface area (Å²) in [5.74, 6) is -3.46. The van der Waals surface area contributed by atoms with Crippen LogP contribution in [0, 0.1) is 22.7 Å². The van der Waals surface area contributed by atoms with Crippen molar-refractivity contribution in [3.63, 3.8) is 0 Å². The zero-order valence-corrected chi connectivity index (χ0v) is 22.5. The minimum absolute atomic E-state index is 0.636. The summed E-state index contributed by atoms with van der Waals surface area (Å²) >= 11 is 0. The van der Waals surface area contributed by atoms with Crippen molar-refractivity contribution >= 4 is 29.8 Å². The van der Waals surface area contributed by atoms with Crippen LogP contribution in [0.2, 0.25) is 0 Å². The highest BCUT2D eigenvalue weighted by Crippen LogP contribution is 2.35. The van der Waals surface area contributed by atoms with Gasteiger partial charge in [-0.05, 0) is 62.3 Å². The highest BCUT2D eigenvalue weighted by atomic mass is 16.6. The van der Waals surface area contributed by atoms with E-state index in [-0.39, 0.29) is 0 Å². The standard InChI is InChI=1S/C25H39O10/c1-13(26)31-15-12-16(33-20(28)23(3,4)5)17(32-14(2)27)19(35-22(30)25(9,10)11)18(15)34-21(29)24(6,7)8/h12,15-19H,1-11H3. The molecule has 1 radical (unpaired) electrons. The van der Waals surface area contributed by atoms with Crippen LogP contribution in [0.3, 0.4) is 0 Å². The Labute approximate surface area is 207 Å². The monoisotopic (exact) mass is 499 g/mol. The minimum Gasteiger partial charge on any atom is -0.458 e. The molecule has 0 heterocycles. The van der Waals surface area contributed by atoms with Crippen molar-refractivity contribution in [2.45, 2.75) is 107 Å². The third-order valence-corrected chi connectivity index (χ3v) is 4.85. The molecule has 1 rings (SSSR count). The number of ether oxygens (including phenoxy) is 5. The lowest BCUT2D eigenvalue weighted by atomic mass is 9.85. The average Bonchev–Trinajstić information content (AvgIpc) is 2.63. The van der Waals surface area contributed by atoms with Crippen molar-refractivity contribution in [1.82, 2.24) is 0 Å². The number of rotatable bonds is 5. The van der Waals surface area contributed by atoms with Crippen LogP contribution in [0.15, 0.2) is 0 Å². The molecular formula is C25H39O10. The quantitative estimate of drug-likeness (QED) is 0.411. The summed E-state index contributed by atoms with van der Waals surface area (Å²) < 4.78 is 27.8. The highest BCUT2D eigenvalue weighted by Gasteiger charge is 2.55. The Morgan fingerprint density at radius 3 is 1.17 bits per heavy atom. The average molecular weight is 500 g/mol. The van der Waals surface area contributed by atoms with E-state index in [4.69, 9.17) is 23.7 Å². The number of carbonyl (C=O) groups is 5. The maximum atomic E-state index is 12.9. The summed E-state index contributed by atoms with van der Waals surface area (Å²) in [4.78, 5) is 62.3. The van der Waals surface area contributed by atoms with Gasteiger partial charge in [0, 0.05) is 13.8 Å². The molecule has 35 heavy (non-hydrogen) atoms. The van der Waals surface area contributed by atoms with Gasteiger partial charge in [0.25, 0.3) is 0 Å². The van der Waals surface area contributed by atoms with Gasteiger partial charge in [-0.2, -0.15) is 0 Å². The van der Waals surface area contributed by atoms with Gasteiger partial charge in [-0.15, -0.1) is 0 Å². The Morgan fingerprint density at radius 2 is 0.800 bits per heavy atom. The van der Waals surface area contributed by atoms with Crippen LogP contribution < -0.4 is 0 Å². The van der Waals surface area contributed by atoms with Gasteiger partial charge in [0.15, 0.2) is 18.3 Å². The lowest BCUT2D eigenvalue weighted by Crippen LogP contribution is -2.63. The Hall–Kier alpha value is -2.65. The third-order valence-electron chi connectivity index (χ3n) is 4.85. The van der Waals surface area contributed by atoms with E-state index in [0.29, 0.717) is 0 Å². The van der Waals surface area contributed by atoms with Crippen LogP contribution in [0.4, 0.5) is 0 Å². The smallest absolute Gasteiger partial charge is 0.311 e. The number of hydrogen-bond donors (Lipinski definition) is 0. The fourth-order valence-corrected chi connectivity index (χ4v) is 2.87. The van der Waals surface area contributed by atoms with Crippen LogP contribution in [-0.2, 0) is 47.7 Å². The zero-order chi connectivity index (χ0) is 27.5. The van der Waals surface area contributed by atoms with Gasteiger partial charge in [0.1, 0.15) is 12.2 Å². The van der Waals surface area contributed by atoms with E-state index in [0.717, 1.165) is 13.8 Å². The number of carbonyl (C=O) groups excluding carboxylic acids is 5. The minimum atomic E-state index is -1.44. The molecule has 5 atom stereocenters. The van der Waals surface area contributed by atoms with Gasteiger partial charge in [-0.1, -0.05) is 0 Å². The fraction of sp³-hybridized carbons (Fsp3) is 0.760. The molecule has 1 aliphatic carbocycles. The van der Waals surface area contributed by atoms with Gasteiger partial charge < -0.3 is 23.7 Å². The molecule has 10 nitrogen and oxygen atoms in total. The van der Waals surface area contributed by atoms with Gasteiger partial charge in [-0.3, -0.25) is 24.0 Å².